The minimum Gasteiger partial charge on any atom is -0.445 e. The summed E-state index contributed by atoms with van der Waals surface area (Å²) in [7, 11) is 0. The van der Waals surface area contributed by atoms with Gasteiger partial charge >= 0.3 is 6.09 Å². The first-order valence-electron chi connectivity index (χ1n) is 6.82. The molecule has 1 atom stereocenters. The molecule has 1 aliphatic rings. The molecule has 1 amide bonds. The summed E-state index contributed by atoms with van der Waals surface area (Å²) in [6.45, 7) is 2.34. The third-order valence-electron chi connectivity index (χ3n) is 3.19. The Labute approximate surface area is 144 Å². The molecule has 0 unspecified atom stereocenters. The number of ether oxygens (including phenoxy) is 2. The van der Waals surface area contributed by atoms with Crippen molar-refractivity contribution in [2.75, 3.05) is 26.3 Å². The number of hydrogen-bond acceptors (Lipinski definition) is 4. The van der Waals surface area contributed by atoms with E-state index in [1.807, 2.05) is 35.2 Å². The molecule has 2 rings (SSSR count). The minimum atomic E-state index is -1.66. The van der Waals surface area contributed by atoms with Crippen molar-refractivity contribution >= 4 is 40.9 Å². The zero-order chi connectivity index (χ0) is 16.0. The highest BCUT2D eigenvalue weighted by molar-refractivity contribution is 6.68. The van der Waals surface area contributed by atoms with Gasteiger partial charge in [-0.1, -0.05) is 65.1 Å². The molecular weight excluding hydrogens is 351 g/mol. The van der Waals surface area contributed by atoms with Crippen LogP contribution in [0.2, 0.25) is 0 Å². The van der Waals surface area contributed by atoms with Crippen molar-refractivity contribution in [2.24, 2.45) is 0 Å². The summed E-state index contributed by atoms with van der Waals surface area (Å²) in [5.41, 5.74) is 0.884. The second-order valence-corrected chi connectivity index (χ2v) is 7.17. The maximum atomic E-state index is 11.9. The monoisotopic (exact) mass is 366 g/mol. The molecule has 1 N–H and O–H groups in total. The van der Waals surface area contributed by atoms with Crippen LogP contribution in [0.5, 0.6) is 0 Å². The second-order valence-electron chi connectivity index (χ2n) is 4.80. The Balaban J connectivity index is 1.90. The summed E-state index contributed by atoms with van der Waals surface area (Å²) < 4.78 is 8.76. The lowest BCUT2D eigenvalue weighted by Crippen LogP contribution is -2.58. The molecule has 0 aromatic heterocycles. The average Bonchev–Trinajstić information content (AvgIpc) is 2.51. The van der Waals surface area contributed by atoms with E-state index in [2.05, 4.69) is 5.32 Å². The van der Waals surface area contributed by atoms with Crippen molar-refractivity contribution in [1.29, 1.82) is 0 Å². The van der Waals surface area contributed by atoms with E-state index in [9.17, 15) is 4.79 Å². The molecule has 122 valence electrons. The molecule has 0 spiro atoms. The number of nitrogens with one attached hydrogen (secondary N) is 1. The van der Waals surface area contributed by atoms with Gasteiger partial charge in [-0.15, -0.1) is 0 Å². The Hall–Kier alpha value is -0.720. The molecule has 22 heavy (non-hydrogen) atoms. The quantitative estimate of drug-likeness (QED) is 0.831. The summed E-state index contributed by atoms with van der Waals surface area (Å²) in [4.78, 5) is 13.8. The lowest BCUT2D eigenvalue weighted by atomic mass is 10.2. The van der Waals surface area contributed by atoms with Crippen LogP contribution < -0.4 is 5.32 Å². The number of carbonyl (C=O) groups is 1. The van der Waals surface area contributed by atoms with Gasteiger partial charge in [0.15, 0.2) is 0 Å². The van der Waals surface area contributed by atoms with Crippen LogP contribution >= 0.6 is 34.8 Å². The van der Waals surface area contributed by atoms with Crippen LogP contribution in [0.1, 0.15) is 5.56 Å². The molecule has 5 nitrogen and oxygen atoms in total. The number of morpholine rings is 1. The molecule has 1 fully saturated rings. The third-order valence-corrected chi connectivity index (χ3v) is 3.81. The standard InChI is InChI=1S/C14H17Cl3N2O3/c15-14(16,17)12(19-6-8-21-9-7-19)18-13(20)22-10-11-4-2-1-3-5-11/h1-5,12H,6-10H2,(H,18,20)/t12-/m0/s1. The summed E-state index contributed by atoms with van der Waals surface area (Å²) in [6, 6.07) is 9.35. The van der Waals surface area contributed by atoms with Gasteiger partial charge in [-0.3, -0.25) is 4.90 Å². The smallest absolute Gasteiger partial charge is 0.408 e. The number of carbonyl (C=O) groups excluding carboxylic acids is 1. The van der Waals surface area contributed by atoms with E-state index in [4.69, 9.17) is 44.3 Å². The Morgan fingerprint density at radius 2 is 1.91 bits per heavy atom. The van der Waals surface area contributed by atoms with Gasteiger partial charge in [0, 0.05) is 13.1 Å². The maximum absolute atomic E-state index is 11.9. The number of halogens is 3. The highest BCUT2D eigenvalue weighted by atomic mass is 35.6. The Morgan fingerprint density at radius 3 is 2.50 bits per heavy atom. The second kappa shape index (κ2) is 8.22. The van der Waals surface area contributed by atoms with E-state index < -0.39 is 16.1 Å². The van der Waals surface area contributed by atoms with Crippen LogP contribution in [0.25, 0.3) is 0 Å². The zero-order valence-corrected chi connectivity index (χ0v) is 14.1. The first-order valence-corrected chi connectivity index (χ1v) is 7.96. The van der Waals surface area contributed by atoms with Gasteiger partial charge in [-0.2, -0.15) is 0 Å². The van der Waals surface area contributed by atoms with Gasteiger partial charge in [0.2, 0.25) is 3.79 Å². The van der Waals surface area contributed by atoms with E-state index in [0.717, 1.165) is 5.56 Å². The maximum Gasteiger partial charge on any atom is 0.408 e. The summed E-state index contributed by atoms with van der Waals surface area (Å²) in [5, 5.41) is 2.61. The minimum absolute atomic E-state index is 0.155. The van der Waals surface area contributed by atoms with Crippen molar-refractivity contribution in [3.8, 4) is 0 Å². The third kappa shape index (κ3) is 5.48. The first kappa shape index (κ1) is 17.6. The van der Waals surface area contributed by atoms with Crippen LogP contribution in [0.3, 0.4) is 0 Å². The van der Waals surface area contributed by atoms with E-state index in [1.165, 1.54) is 0 Å². The van der Waals surface area contributed by atoms with Crippen LogP contribution in [-0.2, 0) is 16.1 Å². The van der Waals surface area contributed by atoms with E-state index in [1.54, 1.807) is 0 Å². The predicted octanol–water partition coefficient (Wildman–Crippen LogP) is 2.94. The van der Waals surface area contributed by atoms with Gasteiger partial charge in [0.1, 0.15) is 12.8 Å². The predicted molar refractivity (Wildman–Crippen MR) is 86.2 cm³/mol. The van der Waals surface area contributed by atoms with Gasteiger partial charge in [-0.05, 0) is 5.56 Å². The Kier molecular flexibility index (Phi) is 6.59. The van der Waals surface area contributed by atoms with Gasteiger partial charge in [0.25, 0.3) is 0 Å². The van der Waals surface area contributed by atoms with Crippen LogP contribution in [0, 0.1) is 0 Å². The molecule has 0 bridgehead atoms. The van der Waals surface area contributed by atoms with E-state index in [0.29, 0.717) is 26.3 Å². The van der Waals surface area contributed by atoms with Crippen molar-refractivity contribution in [3.63, 3.8) is 0 Å². The Bertz CT molecular complexity index is 476. The SMILES string of the molecule is O=C(N[C@@H](N1CCOCC1)C(Cl)(Cl)Cl)OCc1ccccc1. The number of alkyl halides is 3. The molecule has 8 heteroatoms. The molecular formula is C14H17Cl3N2O3. The van der Waals surface area contributed by atoms with Gasteiger partial charge in [-0.25, -0.2) is 4.79 Å². The average molecular weight is 368 g/mol. The van der Waals surface area contributed by atoms with Crippen molar-refractivity contribution < 1.29 is 14.3 Å². The fraction of sp³-hybridized carbons (Fsp3) is 0.500. The lowest BCUT2D eigenvalue weighted by molar-refractivity contribution is 0.00866. The number of hydrogen-bond donors (Lipinski definition) is 1. The molecule has 1 aromatic rings. The summed E-state index contributed by atoms with van der Waals surface area (Å²) in [5.74, 6) is 0. The molecule has 1 heterocycles. The molecule has 0 saturated carbocycles. The Morgan fingerprint density at radius 1 is 1.27 bits per heavy atom. The van der Waals surface area contributed by atoms with E-state index in [-0.39, 0.29) is 6.61 Å². The summed E-state index contributed by atoms with van der Waals surface area (Å²) >= 11 is 17.9. The molecule has 1 saturated heterocycles. The van der Waals surface area contributed by atoms with Crippen molar-refractivity contribution in [1.82, 2.24) is 10.2 Å². The highest BCUT2D eigenvalue weighted by Gasteiger charge is 2.39. The topological polar surface area (TPSA) is 50.8 Å². The van der Waals surface area contributed by atoms with Crippen LogP contribution in [-0.4, -0.2) is 47.3 Å². The highest BCUT2D eigenvalue weighted by Crippen LogP contribution is 2.32. The van der Waals surface area contributed by atoms with Gasteiger partial charge < -0.3 is 14.8 Å². The van der Waals surface area contributed by atoms with E-state index >= 15 is 0 Å². The first-order chi connectivity index (χ1) is 10.5. The zero-order valence-electron chi connectivity index (χ0n) is 11.8. The number of benzene rings is 1. The molecule has 0 aliphatic carbocycles. The fourth-order valence-electron chi connectivity index (χ4n) is 2.09. The van der Waals surface area contributed by atoms with Crippen LogP contribution in [0.15, 0.2) is 30.3 Å². The largest absolute Gasteiger partial charge is 0.445 e. The van der Waals surface area contributed by atoms with Crippen molar-refractivity contribution in [3.05, 3.63) is 35.9 Å². The molecule has 1 aromatic carbocycles. The molecule has 0 radical (unpaired) electrons. The fourth-order valence-corrected chi connectivity index (χ4v) is 2.67. The number of rotatable bonds is 4. The lowest BCUT2D eigenvalue weighted by Gasteiger charge is -2.37. The van der Waals surface area contributed by atoms with Crippen molar-refractivity contribution in [2.45, 2.75) is 16.6 Å². The normalized spacial score (nSPS) is 17.8. The number of alkyl carbamates (subject to hydrolysis) is 1. The molecule has 1 aliphatic heterocycles. The summed E-state index contributed by atoms with van der Waals surface area (Å²) in [6.07, 6.45) is -1.41. The van der Waals surface area contributed by atoms with Crippen LogP contribution in [0.4, 0.5) is 4.79 Å². The number of amides is 1. The van der Waals surface area contributed by atoms with Gasteiger partial charge in [0.05, 0.1) is 13.2 Å². The number of nitrogens with zero attached hydrogens (tertiary/aromatic N) is 1.